The van der Waals surface area contributed by atoms with Crippen LogP contribution in [0.2, 0.25) is 0 Å². The Labute approximate surface area is 124 Å². The van der Waals surface area contributed by atoms with E-state index in [1.54, 1.807) is 35.4 Å². The molecule has 3 aromatic rings. The summed E-state index contributed by atoms with van der Waals surface area (Å²) in [6, 6.07) is 3.47. The van der Waals surface area contributed by atoms with Gasteiger partial charge in [-0.25, -0.2) is 14.8 Å². The number of rotatable bonds is 2. The van der Waals surface area contributed by atoms with Gasteiger partial charge in [-0.05, 0) is 12.1 Å². The molecule has 8 nitrogen and oxygen atoms in total. The topological polar surface area (TPSA) is 95.9 Å². The molecule has 0 spiro atoms. The zero-order valence-electron chi connectivity index (χ0n) is 11.5. The van der Waals surface area contributed by atoms with Crippen LogP contribution < -0.4 is 5.63 Å². The second-order valence-corrected chi connectivity index (χ2v) is 4.78. The molecule has 0 aliphatic carbocycles. The highest BCUT2D eigenvalue weighted by atomic mass is 16.5. The lowest BCUT2D eigenvalue weighted by molar-refractivity contribution is 0.105. The summed E-state index contributed by atoms with van der Waals surface area (Å²) in [6.45, 7) is 0.796. The average Bonchev–Trinajstić information content (AvgIpc) is 3.09. The van der Waals surface area contributed by atoms with Crippen molar-refractivity contribution < 1.29 is 9.15 Å². The molecule has 0 unspecified atom stereocenters. The average molecular weight is 297 g/mol. The monoisotopic (exact) mass is 297 g/mol. The van der Waals surface area contributed by atoms with Gasteiger partial charge in [-0.15, -0.1) is 10.2 Å². The van der Waals surface area contributed by atoms with Crippen LogP contribution in [0.15, 0.2) is 40.1 Å². The van der Waals surface area contributed by atoms with Crippen molar-refractivity contribution in [2.75, 3.05) is 6.61 Å². The minimum Gasteiger partial charge on any atom is -0.401 e. The van der Waals surface area contributed by atoms with E-state index < -0.39 is 5.63 Å². The van der Waals surface area contributed by atoms with Crippen LogP contribution in [-0.2, 0) is 17.8 Å². The highest BCUT2D eigenvalue weighted by molar-refractivity contribution is 5.47. The molecule has 22 heavy (non-hydrogen) atoms. The van der Waals surface area contributed by atoms with E-state index in [0.717, 1.165) is 0 Å². The fourth-order valence-electron chi connectivity index (χ4n) is 2.25. The molecule has 0 saturated carbocycles. The van der Waals surface area contributed by atoms with Gasteiger partial charge < -0.3 is 9.15 Å². The predicted octanol–water partition coefficient (Wildman–Crippen LogP) is 0.750. The normalized spacial score (nSPS) is 13.8. The van der Waals surface area contributed by atoms with Crippen LogP contribution >= 0.6 is 0 Å². The number of hydrogen-bond donors (Lipinski definition) is 0. The number of nitrogens with zero attached hydrogens (tertiary/aromatic N) is 5. The van der Waals surface area contributed by atoms with E-state index in [0.29, 0.717) is 35.8 Å². The third kappa shape index (κ3) is 2.19. The van der Waals surface area contributed by atoms with Crippen molar-refractivity contribution in [3.63, 3.8) is 0 Å². The molecule has 3 aromatic heterocycles. The van der Waals surface area contributed by atoms with E-state index in [4.69, 9.17) is 9.15 Å². The minimum atomic E-state index is -0.430. The smallest absolute Gasteiger partial charge is 0.345 e. The first-order valence-corrected chi connectivity index (χ1v) is 6.74. The van der Waals surface area contributed by atoms with Gasteiger partial charge in [0.25, 0.3) is 5.89 Å². The Bertz CT molecular complexity index is 855. The zero-order valence-corrected chi connectivity index (χ0v) is 11.5. The van der Waals surface area contributed by atoms with Gasteiger partial charge in [-0.3, -0.25) is 4.57 Å². The van der Waals surface area contributed by atoms with Crippen LogP contribution in [0, 0.1) is 0 Å². The largest absolute Gasteiger partial charge is 0.401 e. The van der Waals surface area contributed by atoms with E-state index in [1.165, 1.54) is 0 Å². The number of fused-ring (bicyclic) bond motifs is 1. The highest BCUT2D eigenvalue weighted by Crippen LogP contribution is 2.17. The minimum absolute atomic E-state index is 0.176. The zero-order chi connectivity index (χ0) is 14.9. The lowest BCUT2D eigenvalue weighted by atomic mass is 10.1. The molecular weight excluding hydrogens is 286 g/mol. The van der Waals surface area contributed by atoms with Crippen molar-refractivity contribution in [1.82, 2.24) is 24.7 Å². The Morgan fingerprint density at radius 2 is 2.18 bits per heavy atom. The molecule has 8 heteroatoms. The first-order valence-electron chi connectivity index (χ1n) is 6.74. The van der Waals surface area contributed by atoms with Crippen LogP contribution in [0.5, 0.6) is 0 Å². The van der Waals surface area contributed by atoms with Crippen LogP contribution in [0.4, 0.5) is 0 Å². The van der Waals surface area contributed by atoms with Gasteiger partial charge in [0.2, 0.25) is 0 Å². The molecule has 0 aromatic carbocycles. The molecule has 4 rings (SSSR count). The second-order valence-electron chi connectivity index (χ2n) is 4.78. The van der Waals surface area contributed by atoms with Crippen molar-refractivity contribution in [2.24, 2.45) is 0 Å². The quantitative estimate of drug-likeness (QED) is 0.688. The van der Waals surface area contributed by atoms with Crippen LogP contribution in [-0.4, -0.2) is 31.3 Å². The first-order chi connectivity index (χ1) is 10.8. The molecule has 0 fully saturated rings. The number of ether oxygens (including phenoxy) is 1. The van der Waals surface area contributed by atoms with Gasteiger partial charge in [0.1, 0.15) is 12.0 Å². The molecule has 0 amide bonds. The van der Waals surface area contributed by atoms with Gasteiger partial charge in [0.05, 0.1) is 24.5 Å². The molecule has 0 radical (unpaired) electrons. The number of imidazole rings is 1. The van der Waals surface area contributed by atoms with E-state index in [-0.39, 0.29) is 12.5 Å². The van der Waals surface area contributed by atoms with E-state index in [9.17, 15) is 4.79 Å². The van der Waals surface area contributed by atoms with Crippen molar-refractivity contribution in [3.05, 3.63) is 52.5 Å². The lowest BCUT2D eigenvalue weighted by Gasteiger charge is -2.13. The molecule has 4 heterocycles. The fourth-order valence-corrected chi connectivity index (χ4v) is 2.25. The van der Waals surface area contributed by atoms with Gasteiger partial charge in [0, 0.05) is 18.8 Å². The molecule has 0 atom stereocenters. The first kappa shape index (κ1) is 12.8. The van der Waals surface area contributed by atoms with Crippen molar-refractivity contribution in [3.8, 4) is 17.4 Å². The van der Waals surface area contributed by atoms with Gasteiger partial charge in [-0.2, -0.15) is 0 Å². The summed E-state index contributed by atoms with van der Waals surface area (Å²) < 4.78 is 12.2. The SMILES string of the molecule is O=c1oc(-c2ccc(-n3ccnc3)nn2)nc2c1COCC2. The van der Waals surface area contributed by atoms with Gasteiger partial charge in [0.15, 0.2) is 5.82 Å². The Morgan fingerprint density at radius 3 is 2.95 bits per heavy atom. The van der Waals surface area contributed by atoms with Crippen molar-refractivity contribution in [1.29, 1.82) is 0 Å². The summed E-state index contributed by atoms with van der Waals surface area (Å²) in [5.74, 6) is 0.797. The summed E-state index contributed by atoms with van der Waals surface area (Å²) in [4.78, 5) is 20.3. The maximum Gasteiger partial charge on any atom is 0.345 e. The Morgan fingerprint density at radius 1 is 1.23 bits per heavy atom. The molecule has 0 N–H and O–H groups in total. The Kier molecular flexibility index (Phi) is 3.01. The van der Waals surface area contributed by atoms with E-state index >= 15 is 0 Å². The summed E-state index contributed by atoms with van der Waals surface area (Å²) in [7, 11) is 0. The third-order valence-corrected chi connectivity index (χ3v) is 3.39. The Balaban J connectivity index is 1.73. The standard InChI is InChI=1S/C14H11N5O3/c20-14-9-7-21-6-3-10(9)16-13(22-14)11-1-2-12(18-17-11)19-5-4-15-8-19/h1-2,4-5,8H,3,6-7H2. The highest BCUT2D eigenvalue weighted by Gasteiger charge is 2.19. The second kappa shape index (κ2) is 5.15. The van der Waals surface area contributed by atoms with Crippen molar-refractivity contribution in [2.45, 2.75) is 13.0 Å². The van der Waals surface area contributed by atoms with E-state index in [2.05, 4.69) is 20.2 Å². The van der Waals surface area contributed by atoms with Crippen molar-refractivity contribution >= 4 is 0 Å². The predicted molar refractivity (Wildman–Crippen MR) is 74.3 cm³/mol. The number of hydrogen-bond acceptors (Lipinski definition) is 7. The molecule has 110 valence electrons. The molecule has 1 aliphatic rings. The molecule has 0 bridgehead atoms. The fraction of sp³-hybridized carbons (Fsp3) is 0.214. The summed E-state index contributed by atoms with van der Waals surface area (Å²) in [6.07, 6.45) is 5.64. The summed E-state index contributed by atoms with van der Waals surface area (Å²) >= 11 is 0. The van der Waals surface area contributed by atoms with E-state index in [1.807, 2.05) is 0 Å². The van der Waals surface area contributed by atoms with Gasteiger partial charge >= 0.3 is 5.63 Å². The van der Waals surface area contributed by atoms with Crippen LogP contribution in [0.3, 0.4) is 0 Å². The maximum absolute atomic E-state index is 12.0. The molecule has 0 saturated heterocycles. The van der Waals surface area contributed by atoms with Crippen LogP contribution in [0.25, 0.3) is 17.4 Å². The summed E-state index contributed by atoms with van der Waals surface area (Å²) in [5.41, 5.74) is 1.17. The maximum atomic E-state index is 12.0. The molecular formula is C14H11N5O3. The lowest BCUT2D eigenvalue weighted by Crippen LogP contribution is -2.21. The van der Waals surface area contributed by atoms with Gasteiger partial charge in [-0.1, -0.05) is 0 Å². The third-order valence-electron chi connectivity index (χ3n) is 3.39. The number of aromatic nitrogens is 5. The Hall–Kier alpha value is -2.87. The summed E-state index contributed by atoms with van der Waals surface area (Å²) in [5, 5.41) is 8.16. The molecule has 1 aliphatic heterocycles. The van der Waals surface area contributed by atoms with Crippen LogP contribution in [0.1, 0.15) is 11.3 Å².